The Morgan fingerprint density at radius 1 is 1.24 bits per heavy atom. The molecular formula is C21H30N4O4. The SMILES string of the molecule is CCn1c(C2CCN(C(=O)Cc3cccc(OC)c3)CC2)nn(CCOC)c1=O. The summed E-state index contributed by atoms with van der Waals surface area (Å²) in [5.41, 5.74) is 0.865. The zero-order valence-electron chi connectivity index (χ0n) is 17.5. The van der Waals surface area contributed by atoms with E-state index in [9.17, 15) is 9.59 Å². The maximum Gasteiger partial charge on any atom is 0.345 e. The van der Waals surface area contributed by atoms with E-state index in [2.05, 4.69) is 5.10 Å². The van der Waals surface area contributed by atoms with Gasteiger partial charge in [-0.2, -0.15) is 5.10 Å². The fraction of sp³-hybridized carbons (Fsp3) is 0.571. The van der Waals surface area contributed by atoms with Crippen molar-refractivity contribution in [3.63, 3.8) is 0 Å². The third kappa shape index (κ3) is 4.87. The van der Waals surface area contributed by atoms with E-state index in [-0.39, 0.29) is 17.5 Å². The lowest BCUT2D eigenvalue weighted by Gasteiger charge is -2.31. The maximum absolute atomic E-state index is 12.7. The van der Waals surface area contributed by atoms with Crippen LogP contribution in [0.25, 0.3) is 0 Å². The van der Waals surface area contributed by atoms with Gasteiger partial charge in [0.05, 0.1) is 26.7 Å². The van der Waals surface area contributed by atoms with Crippen LogP contribution in [0.5, 0.6) is 5.75 Å². The summed E-state index contributed by atoms with van der Waals surface area (Å²) < 4.78 is 13.5. The van der Waals surface area contributed by atoms with E-state index >= 15 is 0 Å². The Hall–Kier alpha value is -2.61. The van der Waals surface area contributed by atoms with Crippen LogP contribution in [-0.4, -0.2) is 59.1 Å². The van der Waals surface area contributed by atoms with Crippen molar-refractivity contribution in [3.05, 3.63) is 46.1 Å². The highest BCUT2D eigenvalue weighted by atomic mass is 16.5. The van der Waals surface area contributed by atoms with Crippen molar-refractivity contribution in [2.75, 3.05) is 33.9 Å². The highest BCUT2D eigenvalue weighted by Gasteiger charge is 2.28. The van der Waals surface area contributed by atoms with Gasteiger partial charge in [0.15, 0.2) is 0 Å². The molecule has 0 atom stereocenters. The highest BCUT2D eigenvalue weighted by molar-refractivity contribution is 5.79. The van der Waals surface area contributed by atoms with Gasteiger partial charge in [-0.25, -0.2) is 9.48 Å². The molecule has 0 bridgehead atoms. The summed E-state index contributed by atoms with van der Waals surface area (Å²) >= 11 is 0. The molecule has 1 aliphatic heterocycles. The summed E-state index contributed by atoms with van der Waals surface area (Å²) in [4.78, 5) is 27.1. The number of aromatic nitrogens is 3. The van der Waals surface area contributed by atoms with E-state index in [1.54, 1.807) is 18.8 Å². The van der Waals surface area contributed by atoms with Crippen molar-refractivity contribution in [1.29, 1.82) is 0 Å². The van der Waals surface area contributed by atoms with Crippen molar-refractivity contribution in [1.82, 2.24) is 19.2 Å². The van der Waals surface area contributed by atoms with Crippen LogP contribution in [0.1, 0.15) is 37.1 Å². The lowest BCUT2D eigenvalue weighted by Crippen LogP contribution is -2.39. The second-order valence-corrected chi connectivity index (χ2v) is 7.28. The molecule has 0 spiro atoms. The highest BCUT2D eigenvalue weighted by Crippen LogP contribution is 2.26. The molecule has 0 aliphatic carbocycles. The Labute approximate surface area is 171 Å². The molecule has 0 radical (unpaired) electrons. The number of ether oxygens (including phenoxy) is 2. The van der Waals surface area contributed by atoms with Crippen LogP contribution in [0.4, 0.5) is 0 Å². The molecule has 1 aromatic heterocycles. The van der Waals surface area contributed by atoms with Gasteiger partial charge in [-0.05, 0) is 37.5 Å². The molecule has 2 heterocycles. The number of methoxy groups -OCH3 is 2. The predicted octanol–water partition coefficient (Wildman–Crippen LogP) is 1.67. The average molecular weight is 402 g/mol. The van der Waals surface area contributed by atoms with Gasteiger partial charge in [-0.15, -0.1) is 0 Å². The third-order valence-electron chi connectivity index (χ3n) is 5.48. The Morgan fingerprint density at radius 3 is 2.66 bits per heavy atom. The number of carbonyl (C=O) groups is 1. The van der Waals surface area contributed by atoms with Gasteiger partial charge in [-0.1, -0.05) is 12.1 Å². The minimum absolute atomic E-state index is 0.0870. The molecule has 158 valence electrons. The van der Waals surface area contributed by atoms with E-state index < -0.39 is 0 Å². The smallest absolute Gasteiger partial charge is 0.345 e. The molecule has 8 heteroatoms. The summed E-state index contributed by atoms with van der Waals surface area (Å²) in [5, 5.41) is 4.57. The van der Waals surface area contributed by atoms with Gasteiger partial charge >= 0.3 is 5.69 Å². The number of amides is 1. The Balaban J connectivity index is 1.62. The molecule has 1 fully saturated rings. The largest absolute Gasteiger partial charge is 0.497 e. The first kappa shape index (κ1) is 21.1. The van der Waals surface area contributed by atoms with Crippen LogP contribution < -0.4 is 10.4 Å². The molecule has 1 aromatic carbocycles. The number of hydrogen-bond donors (Lipinski definition) is 0. The zero-order valence-corrected chi connectivity index (χ0v) is 17.5. The van der Waals surface area contributed by atoms with Crippen molar-refractivity contribution in [2.45, 2.75) is 45.2 Å². The summed E-state index contributed by atoms with van der Waals surface area (Å²) in [6.45, 7) is 4.81. The number of likely N-dealkylation sites (tertiary alicyclic amines) is 1. The number of piperidine rings is 1. The second-order valence-electron chi connectivity index (χ2n) is 7.28. The number of hydrogen-bond acceptors (Lipinski definition) is 5. The minimum atomic E-state index is -0.0870. The quantitative estimate of drug-likeness (QED) is 0.671. The lowest BCUT2D eigenvalue weighted by atomic mass is 9.95. The van der Waals surface area contributed by atoms with E-state index in [0.717, 1.165) is 30.0 Å². The van der Waals surface area contributed by atoms with E-state index in [1.165, 1.54) is 4.68 Å². The standard InChI is InChI=1S/C21H30N4O4/c1-4-24-20(22-25(21(24)27)12-13-28-2)17-8-10-23(11-9-17)19(26)15-16-6-5-7-18(14-16)29-3/h5-7,14,17H,4,8-13,15H2,1-3H3. The molecule has 3 rings (SSSR count). The first-order valence-corrected chi connectivity index (χ1v) is 10.1. The van der Waals surface area contributed by atoms with Crippen LogP contribution in [0.15, 0.2) is 29.1 Å². The third-order valence-corrected chi connectivity index (χ3v) is 5.48. The number of carbonyl (C=O) groups excluding carboxylic acids is 1. The van der Waals surface area contributed by atoms with Crippen LogP contribution >= 0.6 is 0 Å². The Kier molecular flexibility index (Phi) is 7.09. The van der Waals surface area contributed by atoms with Gasteiger partial charge < -0.3 is 14.4 Å². The maximum atomic E-state index is 12.7. The number of rotatable bonds is 8. The predicted molar refractivity (Wildman–Crippen MR) is 109 cm³/mol. The van der Waals surface area contributed by atoms with Crippen molar-refractivity contribution in [3.8, 4) is 5.75 Å². The first-order chi connectivity index (χ1) is 14.1. The molecule has 0 N–H and O–H groups in total. The molecule has 29 heavy (non-hydrogen) atoms. The van der Waals surface area contributed by atoms with Crippen LogP contribution in [-0.2, 0) is 29.0 Å². The molecule has 1 amide bonds. The molecule has 2 aromatic rings. The molecular weight excluding hydrogens is 372 g/mol. The van der Waals surface area contributed by atoms with Gasteiger partial charge in [0.1, 0.15) is 11.6 Å². The lowest BCUT2D eigenvalue weighted by molar-refractivity contribution is -0.131. The first-order valence-electron chi connectivity index (χ1n) is 10.1. The van der Waals surface area contributed by atoms with E-state index in [4.69, 9.17) is 9.47 Å². The van der Waals surface area contributed by atoms with Gasteiger partial charge in [0.2, 0.25) is 5.91 Å². The van der Waals surface area contributed by atoms with E-state index in [0.29, 0.717) is 39.2 Å². The Morgan fingerprint density at radius 2 is 2.00 bits per heavy atom. The van der Waals surface area contributed by atoms with Crippen LogP contribution in [0.2, 0.25) is 0 Å². The molecule has 8 nitrogen and oxygen atoms in total. The fourth-order valence-electron chi connectivity index (χ4n) is 3.84. The molecule has 0 saturated carbocycles. The van der Waals surface area contributed by atoms with Crippen molar-refractivity contribution < 1.29 is 14.3 Å². The monoisotopic (exact) mass is 402 g/mol. The van der Waals surface area contributed by atoms with Gasteiger partial charge in [0.25, 0.3) is 0 Å². The number of nitrogens with zero attached hydrogens (tertiary/aromatic N) is 4. The molecule has 1 saturated heterocycles. The second kappa shape index (κ2) is 9.73. The molecule has 0 unspecified atom stereocenters. The summed E-state index contributed by atoms with van der Waals surface area (Å²) in [6.07, 6.45) is 1.99. The fourth-order valence-corrected chi connectivity index (χ4v) is 3.84. The van der Waals surface area contributed by atoms with Crippen LogP contribution in [0, 0.1) is 0 Å². The zero-order chi connectivity index (χ0) is 20.8. The van der Waals surface area contributed by atoms with Crippen molar-refractivity contribution in [2.24, 2.45) is 0 Å². The number of benzene rings is 1. The normalized spacial score (nSPS) is 14.9. The summed E-state index contributed by atoms with van der Waals surface area (Å²) in [7, 11) is 3.24. The van der Waals surface area contributed by atoms with E-state index in [1.807, 2.05) is 36.1 Å². The van der Waals surface area contributed by atoms with Gasteiger partial charge in [-0.3, -0.25) is 9.36 Å². The topological polar surface area (TPSA) is 78.6 Å². The Bertz CT molecular complexity index is 881. The van der Waals surface area contributed by atoms with Crippen molar-refractivity contribution >= 4 is 5.91 Å². The van der Waals surface area contributed by atoms with Gasteiger partial charge in [0, 0.05) is 32.7 Å². The summed E-state index contributed by atoms with van der Waals surface area (Å²) in [6, 6.07) is 7.62. The van der Waals surface area contributed by atoms with Crippen LogP contribution in [0.3, 0.4) is 0 Å². The molecule has 1 aliphatic rings. The summed E-state index contributed by atoms with van der Waals surface area (Å²) in [5.74, 6) is 1.90. The average Bonchev–Trinajstić information content (AvgIpc) is 3.07. The minimum Gasteiger partial charge on any atom is -0.497 e.